The summed E-state index contributed by atoms with van der Waals surface area (Å²) in [5, 5.41) is 6.95. The van der Waals surface area contributed by atoms with Gasteiger partial charge < -0.3 is 5.32 Å². The zero-order chi connectivity index (χ0) is 16.9. The maximum Gasteiger partial charge on any atom is 0.291 e. The molecule has 0 atom stereocenters. The quantitative estimate of drug-likeness (QED) is 0.549. The van der Waals surface area contributed by atoms with Crippen molar-refractivity contribution in [3.8, 4) is 0 Å². The molecular weight excluding hydrogens is 329 g/mol. The Labute approximate surface area is 142 Å². The molecule has 6 nitrogen and oxygen atoms in total. The summed E-state index contributed by atoms with van der Waals surface area (Å²) in [6.45, 7) is 2.40. The highest BCUT2D eigenvalue weighted by Crippen LogP contribution is 2.18. The molecule has 0 fully saturated rings. The summed E-state index contributed by atoms with van der Waals surface area (Å²) in [5.74, 6) is 0.795. The molecule has 24 heavy (non-hydrogen) atoms. The number of nitrogens with zero attached hydrogens (tertiary/aromatic N) is 4. The molecule has 0 saturated carbocycles. The van der Waals surface area contributed by atoms with E-state index in [1.807, 2.05) is 6.92 Å². The molecule has 2 aromatic heterocycles. The predicted molar refractivity (Wildman–Crippen MR) is 89.6 cm³/mol. The van der Waals surface area contributed by atoms with Crippen LogP contribution in [-0.2, 0) is 0 Å². The van der Waals surface area contributed by atoms with Crippen LogP contribution in [0, 0.1) is 12.7 Å². The first kappa shape index (κ1) is 16.4. The van der Waals surface area contributed by atoms with Gasteiger partial charge in [0.1, 0.15) is 5.82 Å². The number of amides is 1. The monoisotopic (exact) mass is 345 g/mol. The van der Waals surface area contributed by atoms with Crippen molar-refractivity contribution >= 4 is 23.4 Å². The van der Waals surface area contributed by atoms with Crippen molar-refractivity contribution in [1.82, 2.24) is 24.9 Å². The number of halogens is 1. The number of aromatic nitrogens is 4. The van der Waals surface area contributed by atoms with E-state index in [1.165, 1.54) is 12.1 Å². The fourth-order valence-corrected chi connectivity index (χ4v) is 2.93. The zero-order valence-electron chi connectivity index (χ0n) is 13.1. The second-order valence-electron chi connectivity index (χ2n) is 5.15. The summed E-state index contributed by atoms with van der Waals surface area (Å²) in [6.07, 6.45) is 2.42. The number of thioether (sulfide) groups is 1. The molecule has 0 aliphatic heterocycles. The van der Waals surface area contributed by atoms with Gasteiger partial charge in [-0.15, -0.1) is 16.9 Å². The Morgan fingerprint density at radius 2 is 2.08 bits per heavy atom. The number of fused-ring (bicyclic) bond motifs is 1. The first-order valence-electron chi connectivity index (χ1n) is 7.48. The predicted octanol–water partition coefficient (Wildman–Crippen LogP) is 2.48. The first-order valence-corrected chi connectivity index (χ1v) is 8.47. The van der Waals surface area contributed by atoms with Gasteiger partial charge in [-0.1, -0.05) is 0 Å². The Morgan fingerprint density at radius 3 is 2.83 bits per heavy atom. The van der Waals surface area contributed by atoms with Crippen LogP contribution < -0.4 is 5.32 Å². The molecule has 3 rings (SSSR count). The fraction of sp³-hybridized carbons (Fsp3) is 0.250. The molecular formula is C16H16FN5OS. The van der Waals surface area contributed by atoms with Gasteiger partial charge >= 0.3 is 0 Å². The first-order chi connectivity index (χ1) is 11.6. The molecule has 0 saturated heterocycles. The molecule has 3 aromatic rings. The Bertz CT molecular complexity index is 849. The fourth-order valence-electron chi connectivity index (χ4n) is 2.08. The topological polar surface area (TPSA) is 72.2 Å². The minimum absolute atomic E-state index is 0.114. The third-order valence-corrected chi connectivity index (χ3v) is 4.42. The van der Waals surface area contributed by atoms with E-state index in [9.17, 15) is 9.18 Å². The number of carbonyl (C=O) groups is 1. The van der Waals surface area contributed by atoms with Gasteiger partial charge in [0.05, 0.1) is 0 Å². The molecule has 1 aromatic carbocycles. The number of aryl methyl sites for hydroxylation is 1. The van der Waals surface area contributed by atoms with Crippen molar-refractivity contribution in [2.45, 2.75) is 18.2 Å². The Hall–Kier alpha value is -2.48. The van der Waals surface area contributed by atoms with E-state index in [1.54, 1.807) is 40.7 Å². The van der Waals surface area contributed by atoms with Crippen molar-refractivity contribution in [2.24, 2.45) is 0 Å². The summed E-state index contributed by atoms with van der Waals surface area (Å²) >= 11 is 1.62. The molecule has 0 spiro atoms. The van der Waals surface area contributed by atoms with Gasteiger partial charge in [0, 0.05) is 23.3 Å². The summed E-state index contributed by atoms with van der Waals surface area (Å²) in [4.78, 5) is 21.3. The Balaban J connectivity index is 1.46. The molecule has 1 N–H and O–H groups in total. The van der Waals surface area contributed by atoms with Gasteiger partial charge in [0.25, 0.3) is 11.7 Å². The van der Waals surface area contributed by atoms with Gasteiger partial charge in [0.2, 0.25) is 5.82 Å². The van der Waals surface area contributed by atoms with E-state index in [4.69, 9.17) is 0 Å². The lowest BCUT2D eigenvalue weighted by Gasteiger charge is -2.03. The van der Waals surface area contributed by atoms with Gasteiger partial charge in [-0.3, -0.25) is 4.79 Å². The molecule has 2 heterocycles. The van der Waals surface area contributed by atoms with E-state index in [0.29, 0.717) is 12.3 Å². The largest absolute Gasteiger partial charge is 0.349 e. The number of hydrogen-bond donors (Lipinski definition) is 1. The Morgan fingerprint density at radius 1 is 1.29 bits per heavy atom. The minimum atomic E-state index is -0.313. The van der Waals surface area contributed by atoms with E-state index in [2.05, 4.69) is 20.4 Å². The molecule has 0 radical (unpaired) electrons. The highest BCUT2D eigenvalue weighted by atomic mass is 32.2. The van der Waals surface area contributed by atoms with Crippen LogP contribution in [-0.4, -0.2) is 37.8 Å². The van der Waals surface area contributed by atoms with E-state index in [0.717, 1.165) is 22.8 Å². The van der Waals surface area contributed by atoms with Crippen molar-refractivity contribution in [3.05, 3.63) is 53.9 Å². The molecule has 0 bridgehead atoms. The van der Waals surface area contributed by atoms with Crippen LogP contribution in [0.3, 0.4) is 0 Å². The van der Waals surface area contributed by atoms with Crippen LogP contribution in [0.2, 0.25) is 0 Å². The van der Waals surface area contributed by atoms with Gasteiger partial charge in [-0.25, -0.2) is 13.9 Å². The molecule has 0 unspecified atom stereocenters. The minimum Gasteiger partial charge on any atom is -0.349 e. The summed E-state index contributed by atoms with van der Waals surface area (Å²) in [5.41, 5.74) is 0.863. The number of benzene rings is 1. The number of carbonyl (C=O) groups excluding carboxylic acids is 1. The van der Waals surface area contributed by atoms with E-state index < -0.39 is 0 Å². The van der Waals surface area contributed by atoms with Crippen LogP contribution in [0.1, 0.15) is 22.7 Å². The van der Waals surface area contributed by atoms with E-state index in [-0.39, 0.29) is 17.5 Å². The van der Waals surface area contributed by atoms with Crippen molar-refractivity contribution in [3.63, 3.8) is 0 Å². The van der Waals surface area contributed by atoms with Crippen LogP contribution in [0.15, 0.2) is 41.4 Å². The van der Waals surface area contributed by atoms with E-state index >= 15 is 0 Å². The average Bonchev–Trinajstić information content (AvgIpc) is 3.02. The number of nitrogens with one attached hydrogen (secondary N) is 1. The third-order valence-electron chi connectivity index (χ3n) is 3.32. The summed E-state index contributed by atoms with van der Waals surface area (Å²) < 4.78 is 14.3. The van der Waals surface area contributed by atoms with Crippen molar-refractivity contribution in [2.75, 3.05) is 12.3 Å². The SMILES string of the molecule is Cc1ccnc2nc(C(=O)NCCCSc3ccc(F)cc3)nn12. The summed E-state index contributed by atoms with van der Waals surface area (Å²) in [6, 6.07) is 8.17. The zero-order valence-corrected chi connectivity index (χ0v) is 13.9. The van der Waals surface area contributed by atoms with Gasteiger partial charge in [-0.05, 0) is 49.4 Å². The van der Waals surface area contributed by atoms with Crippen LogP contribution in [0.4, 0.5) is 4.39 Å². The maximum atomic E-state index is 12.8. The molecule has 124 valence electrons. The van der Waals surface area contributed by atoms with Crippen molar-refractivity contribution < 1.29 is 9.18 Å². The molecule has 1 amide bonds. The van der Waals surface area contributed by atoms with Crippen LogP contribution >= 0.6 is 11.8 Å². The summed E-state index contributed by atoms with van der Waals surface area (Å²) in [7, 11) is 0. The third kappa shape index (κ3) is 3.88. The highest BCUT2D eigenvalue weighted by molar-refractivity contribution is 7.99. The smallest absolute Gasteiger partial charge is 0.291 e. The standard InChI is InChI=1S/C16H16FN5OS/c1-11-7-9-19-16-20-14(21-22(11)16)15(23)18-8-2-10-24-13-5-3-12(17)4-6-13/h3-7,9H,2,8,10H2,1H3,(H,18,23). The van der Waals surface area contributed by atoms with Gasteiger partial charge in [0.15, 0.2) is 0 Å². The lowest BCUT2D eigenvalue weighted by Crippen LogP contribution is -2.26. The molecule has 0 aliphatic carbocycles. The highest BCUT2D eigenvalue weighted by Gasteiger charge is 2.13. The molecule has 0 aliphatic rings. The Kier molecular flexibility index (Phi) is 5.05. The lowest BCUT2D eigenvalue weighted by molar-refractivity contribution is 0.0943. The molecule has 8 heteroatoms. The van der Waals surface area contributed by atoms with Crippen molar-refractivity contribution in [1.29, 1.82) is 0 Å². The second kappa shape index (κ2) is 7.39. The maximum absolute atomic E-state index is 12.8. The van der Waals surface area contributed by atoms with Crippen LogP contribution in [0.25, 0.3) is 5.78 Å². The second-order valence-corrected chi connectivity index (χ2v) is 6.31. The average molecular weight is 345 g/mol. The number of rotatable bonds is 6. The lowest BCUT2D eigenvalue weighted by atomic mass is 10.4. The van der Waals surface area contributed by atoms with Gasteiger partial charge in [-0.2, -0.15) is 4.98 Å². The van der Waals surface area contributed by atoms with Crippen LogP contribution in [0.5, 0.6) is 0 Å². The number of hydrogen-bond acceptors (Lipinski definition) is 5. The normalized spacial score (nSPS) is 10.9.